The second-order valence-electron chi connectivity index (χ2n) is 5.15. The molecule has 1 aromatic heterocycles. The Bertz CT molecular complexity index is 955. The number of methoxy groups -OCH3 is 1. The molecule has 1 aromatic carbocycles. The van der Waals surface area contributed by atoms with Crippen LogP contribution < -0.4 is 10.5 Å². The maximum absolute atomic E-state index is 12.0. The fourth-order valence-corrected chi connectivity index (χ4v) is 2.86. The zero-order valence-electron chi connectivity index (χ0n) is 13.3. The van der Waals surface area contributed by atoms with Crippen LogP contribution >= 0.6 is 0 Å². The molecule has 0 aliphatic carbocycles. The number of ether oxygens (including phenoxy) is 1. The number of nitriles is 1. The van der Waals surface area contributed by atoms with Gasteiger partial charge in [-0.1, -0.05) is 0 Å². The number of nitrogens with zero attached hydrogens (tertiary/aromatic N) is 2. The van der Waals surface area contributed by atoms with E-state index < -0.39 is 16.0 Å². The van der Waals surface area contributed by atoms with Crippen molar-refractivity contribution in [2.75, 3.05) is 23.8 Å². The molecule has 0 radical (unpaired) electrons. The molecule has 9 heteroatoms. The Labute approximate surface area is 139 Å². The lowest BCUT2D eigenvalue weighted by Crippen LogP contribution is -2.12. The summed E-state index contributed by atoms with van der Waals surface area (Å²) < 4.78 is 31.2. The molecule has 3 N–H and O–H groups in total. The second kappa shape index (κ2) is 6.25. The molecule has 1 heterocycles. The van der Waals surface area contributed by atoms with E-state index in [2.05, 4.69) is 4.72 Å². The third-order valence-corrected chi connectivity index (χ3v) is 3.92. The van der Waals surface area contributed by atoms with E-state index in [0.717, 1.165) is 6.26 Å². The van der Waals surface area contributed by atoms with E-state index in [9.17, 15) is 13.2 Å². The summed E-state index contributed by atoms with van der Waals surface area (Å²) in [5.41, 5.74) is 7.65. The van der Waals surface area contributed by atoms with Gasteiger partial charge in [0.1, 0.15) is 6.07 Å². The Morgan fingerprint density at radius 1 is 1.42 bits per heavy atom. The number of esters is 1. The van der Waals surface area contributed by atoms with E-state index in [0.29, 0.717) is 16.9 Å². The van der Waals surface area contributed by atoms with Crippen LogP contribution in [0.3, 0.4) is 0 Å². The molecule has 0 unspecified atom stereocenters. The monoisotopic (exact) mass is 348 g/mol. The van der Waals surface area contributed by atoms with Crippen molar-refractivity contribution < 1.29 is 17.9 Å². The zero-order valence-corrected chi connectivity index (χ0v) is 14.1. The van der Waals surface area contributed by atoms with Crippen molar-refractivity contribution in [3.63, 3.8) is 0 Å². The predicted octanol–water partition coefficient (Wildman–Crippen LogP) is 1.40. The average Bonchev–Trinajstić information content (AvgIpc) is 2.84. The third kappa shape index (κ3) is 3.33. The van der Waals surface area contributed by atoms with Gasteiger partial charge >= 0.3 is 5.97 Å². The molecule has 8 nitrogen and oxygen atoms in total. The molecule has 0 bridgehead atoms. The third-order valence-electron chi connectivity index (χ3n) is 3.33. The summed E-state index contributed by atoms with van der Waals surface area (Å²) in [7, 11) is -2.19. The molecule has 126 valence electrons. The average molecular weight is 348 g/mol. The number of aryl methyl sites for hydroxylation is 1. The molecule has 0 amide bonds. The summed E-state index contributed by atoms with van der Waals surface area (Å²) in [4.78, 5) is 12.0. The number of nitrogens with two attached hydrogens (primary N) is 1. The van der Waals surface area contributed by atoms with Gasteiger partial charge in [-0.05, 0) is 30.7 Å². The van der Waals surface area contributed by atoms with Gasteiger partial charge in [0.2, 0.25) is 10.0 Å². The first-order valence-corrected chi connectivity index (χ1v) is 8.65. The largest absolute Gasteiger partial charge is 0.464 e. The second-order valence-corrected chi connectivity index (χ2v) is 6.90. The summed E-state index contributed by atoms with van der Waals surface area (Å²) in [5.74, 6) is -0.676. The minimum Gasteiger partial charge on any atom is -0.464 e. The highest BCUT2D eigenvalue weighted by Gasteiger charge is 2.22. The SMILES string of the molecule is COC(=O)c1c(N)c(C#N)cn1-c1ccc(NS(C)(=O)=O)c(C)c1. The molecule has 0 saturated heterocycles. The number of hydrogen-bond acceptors (Lipinski definition) is 6. The van der Waals surface area contributed by atoms with Crippen molar-refractivity contribution in [3.05, 3.63) is 41.2 Å². The number of nitrogens with one attached hydrogen (secondary N) is 1. The standard InChI is InChI=1S/C15H16N4O4S/c1-9-6-11(4-5-12(9)18-24(3,21)22)19-8-10(7-16)13(17)14(19)15(20)23-2/h4-6,8,18H,17H2,1-3H3. The van der Waals surface area contributed by atoms with E-state index in [-0.39, 0.29) is 16.9 Å². The highest BCUT2D eigenvalue weighted by atomic mass is 32.2. The van der Waals surface area contributed by atoms with E-state index in [1.54, 1.807) is 25.1 Å². The number of aromatic nitrogens is 1. The lowest BCUT2D eigenvalue weighted by atomic mass is 10.2. The Kier molecular flexibility index (Phi) is 4.52. The van der Waals surface area contributed by atoms with Gasteiger partial charge in [-0.3, -0.25) is 4.72 Å². The highest BCUT2D eigenvalue weighted by Crippen LogP contribution is 2.27. The van der Waals surface area contributed by atoms with Gasteiger partial charge < -0.3 is 15.0 Å². The van der Waals surface area contributed by atoms with Gasteiger partial charge in [0.05, 0.1) is 30.3 Å². The number of hydrogen-bond donors (Lipinski definition) is 2. The first-order chi connectivity index (χ1) is 11.2. The van der Waals surface area contributed by atoms with Crippen LogP contribution in [-0.2, 0) is 14.8 Å². The molecule has 0 fully saturated rings. The number of sulfonamides is 1. The molecule has 2 rings (SSSR count). The van der Waals surface area contributed by atoms with Crippen LogP contribution in [0.15, 0.2) is 24.4 Å². The lowest BCUT2D eigenvalue weighted by molar-refractivity contribution is 0.0593. The summed E-state index contributed by atoms with van der Waals surface area (Å²) in [6, 6.07) is 6.75. The molecule has 0 aliphatic rings. The van der Waals surface area contributed by atoms with Gasteiger partial charge in [-0.2, -0.15) is 5.26 Å². The minimum atomic E-state index is -3.40. The van der Waals surface area contributed by atoms with Crippen LogP contribution in [-0.4, -0.2) is 32.3 Å². The van der Waals surface area contributed by atoms with Crippen LogP contribution in [0.25, 0.3) is 5.69 Å². The molecular weight excluding hydrogens is 332 g/mol. The van der Waals surface area contributed by atoms with Gasteiger partial charge in [-0.15, -0.1) is 0 Å². The van der Waals surface area contributed by atoms with Crippen molar-refractivity contribution >= 4 is 27.4 Å². The molecule has 0 spiro atoms. The van der Waals surface area contributed by atoms with Crippen molar-refractivity contribution in [2.24, 2.45) is 0 Å². The van der Waals surface area contributed by atoms with E-state index >= 15 is 0 Å². The van der Waals surface area contributed by atoms with Crippen molar-refractivity contribution in [1.29, 1.82) is 5.26 Å². The Balaban J connectivity index is 2.59. The number of nitrogen functional groups attached to an aromatic ring is 1. The Hall–Kier alpha value is -2.99. The lowest BCUT2D eigenvalue weighted by Gasteiger charge is -2.12. The molecule has 24 heavy (non-hydrogen) atoms. The van der Waals surface area contributed by atoms with Crippen LogP contribution in [0.5, 0.6) is 0 Å². The fraction of sp³-hybridized carbons (Fsp3) is 0.200. The topological polar surface area (TPSA) is 127 Å². The molecule has 0 saturated carbocycles. The zero-order chi connectivity index (χ0) is 18.1. The van der Waals surface area contributed by atoms with Gasteiger partial charge in [-0.25, -0.2) is 13.2 Å². The number of carbonyl (C=O) groups excluding carboxylic acids is 1. The molecule has 0 atom stereocenters. The van der Waals surface area contributed by atoms with Gasteiger partial charge in [0.25, 0.3) is 0 Å². The first kappa shape index (κ1) is 17.4. The van der Waals surface area contributed by atoms with Gasteiger partial charge in [0, 0.05) is 11.9 Å². The predicted molar refractivity (Wildman–Crippen MR) is 89.4 cm³/mol. The number of anilines is 2. The van der Waals surface area contributed by atoms with Crippen LogP contribution in [0.1, 0.15) is 21.6 Å². The fourth-order valence-electron chi connectivity index (χ4n) is 2.23. The Morgan fingerprint density at radius 2 is 2.08 bits per heavy atom. The van der Waals surface area contributed by atoms with Crippen molar-refractivity contribution in [1.82, 2.24) is 4.57 Å². The maximum atomic E-state index is 12.0. The van der Waals surface area contributed by atoms with Crippen molar-refractivity contribution in [3.8, 4) is 11.8 Å². The van der Waals surface area contributed by atoms with Crippen LogP contribution in [0.4, 0.5) is 11.4 Å². The number of benzene rings is 1. The van der Waals surface area contributed by atoms with E-state index in [1.165, 1.54) is 17.9 Å². The van der Waals surface area contributed by atoms with Gasteiger partial charge in [0.15, 0.2) is 5.69 Å². The van der Waals surface area contributed by atoms with Crippen LogP contribution in [0, 0.1) is 18.3 Å². The quantitative estimate of drug-likeness (QED) is 0.804. The Morgan fingerprint density at radius 3 is 2.58 bits per heavy atom. The van der Waals surface area contributed by atoms with Crippen LogP contribution in [0.2, 0.25) is 0 Å². The van der Waals surface area contributed by atoms with E-state index in [1.807, 2.05) is 6.07 Å². The summed E-state index contributed by atoms with van der Waals surface area (Å²) in [5, 5.41) is 9.11. The normalized spacial score (nSPS) is 10.9. The summed E-state index contributed by atoms with van der Waals surface area (Å²) >= 11 is 0. The molecular formula is C15H16N4O4S. The van der Waals surface area contributed by atoms with E-state index in [4.69, 9.17) is 15.7 Å². The number of rotatable bonds is 4. The summed E-state index contributed by atoms with van der Waals surface area (Å²) in [6.45, 7) is 1.72. The molecule has 0 aliphatic heterocycles. The van der Waals surface area contributed by atoms with Crippen molar-refractivity contribution in [2.45, 2.75) is 6.92 Å². The minimum absolute atomic E-state index is 0.0281. The smallest absolute Gasteiger partial charge is 0.357 e. The maximum Gasteiger partial charge on any atom is 0.357 e. The molecule has 2 aromatic rings. The summed E-state index contributed by atoms with van der Waals surface area (Å²) in [6.07, 6.45) is 2.49. The number of carbonyl (C=O) groups is 1. The highest BCUT2D eigenvalue weighted by molar-refractivity contribution is 7.92. The first-order valence-electron chi connectivity index (χ1n) is 6.76.